The third-order valence-corrected chi connectivity index (χ3v) is 5.22. The van der Waals surface area contributed by atoms with E-state index in [1.807, 2.05) is 0 Å². The van der Waals surface area contributed by atoms with E-state index in [0.29, 0.717) is 11.3 Å². The first-order chi connectivity index (χ1) is 14.3. The lowest BCUT2D eigenvalue weighted by atomic mass is 9.84. The van der Waals surface area contributed by atoms with Crippen LogP contribution in [-0.2, 0) is 25.4 Å². The molecule has 2 aromatic rings. The lowest BCUT2D eigenvalue weighted by molar-refractivity contribution is -0.167. The number of benzene rings is 1. The van der Waals surface area contributed by atoms with Crippen LogP contribution in [0, 0.1) is 0 Å². The van der Waals surface area contributed by atoms with Gasteiger partial charge in [0.1, 0.15) is 18.3 Å². The Bertz CT molecular complexity index is 1040. The molecule has 0 amide bonds. The van der Waals surface area contributed by atoms with Gasteiger partial charge in [-0.05, 0) is 12.1 Å². The highest BCUT2D eigenvalue weighted by Gasteiger charge is 2.62. The fraction of sp³-hybridized carbons (Fsp3) is 0.400. The van der Waals surface area contributed by atoms with Gasteiger partial charge in [0, 0.05) is 25.1 Å². The van der Waals surface area contributed by atoms with Gasteiger partial charge in [-0.3, -0.25) is 9.36 Å². The number of esters is 2. The molecule has 2 aliphatic rings. The first-order valence-electron chi connectivity index (χ1n) is 9.27. The highest BCUT2D eigenvalue weighted by Crippen LogP contribution is 2.45. The van der Waals surface area contributed by atoms with Gasteiger partial charge >= 0.3 is 17.6 Å². The van der Waals surface area contributed by atoms with E-state index in [0.717, 1.165) is 0 Å². The van der Waals surface area contributed by atoms with Crippen LogP contribution in [0.5, 0.6) is 5.88 Å². The molecule has 10 heteroatoms. The van der Waals surface area contributed by atoms with E-state index >= 15 is 0 Å². The largest absolute Gasteiger partial charge is 0.481 e. The van der Waals surface area contributed by atoms with Gasteiger partial charge in [-0.15, -0.1) is 0 Å². The van der Waals surface area contributed by atoms with Crippen LogP contribution in [0.25, 0.3) is 0 Å². The number of aliphatic hydroxyl groups is 1. The minimum absolute atomic E-state index is 0.0900. The zero-order valence-corrected chi connectivity index (χ0v) is 16.3. The molecule has 0 radical (unpaired) electrons. The molecule has 4 atom stereocenters. The average Bonchev–Trinajstić information content (AvgIpc) is 2.89. The van der Waals surface area contributed by atoms with Gasteiger partial charge in [-0.2, -0.15) is 4.98 Å². The van der Waals surface area contributed by atoms with Gasteiger partial charge in [0.05, 0.1) is 12.7 Å². The van der Waals surface area contributed by atoms with Crippen LogP contribution in [-0.4, -0.2) is 58.1 Å². The van der Waals surface area contributed by atoms with Crippen molar-refractivity contribution in [1.29, 1.82) is 0 Å². The van der Waals surface area contributed by atoms with Crippen LogP contribution in [0.15, 0.2) is 41.2 Å². The van der Waals surface area contributed by atoms with Crippen LogP contribution in [0.1, 0.15) is 29.2 Å². The minimum Gasteiger partial charge on any atom is -0.481 e. The second-order valence-corrected chi connectivity index (χ2v) is 7.12. The van der Waals surface area contributed by atoms with E-state index in [9.17, 15) is 19.5 Å². The van der Waals surface area contributed by atoms with E-state index in [2.05, 4.69) is 4.98 Å². The summed E-state index contributed by atoms with van der Waals surface area (Å²) in [5, 5.41) is 11.4. The summed E-state index contributed by atoms with van der Waals surface area (Å²) in [5.74, 6) is -1.15. The van der Waals surface area contributed by atoms with Crippen molar-refractivity contribution in [3.8, 4) is 5.88 Å². The third kappa shape index (κ3) is 3.33. The lowest BCUT2D eigenvalue weighted by Crippen LogP contribution is -2.56. The van der Waals surface area contributed by atoms with Gasteiger partial charge in [0.15, 0.2) is 12.3 Å². The maximum atomic E-state index is 12.5. The van der Waals surface area contributed by atoms with Crippen molar-refractivity contribution < 1.29 is 33.6 Å². The predicted molar refractivity (Wildman–Crippen MR) is 99.9 cm³/mol. The molecule has 0 spiro atoms. The molecule has 1 N–H and O–H groups in total. The van der Waals surface area contributed by atoms with Crippen molar-refractivity contribution in [2.24, 2.45) is 0 Å². The fourth-order valence-corrected chi connectivity index (χ4v) is 3.85. The van der Waals surface area contributed by atoms with E-state index < -0.39 is 41.7 Å². The summed E-state index contributed by atoms with van der Waals surface area (Å²) >= 11 is 0. The van der Waals surface area contributed by atoms with Crippen molar-refractivity contribution >= 4 is 11.9 Å². The van der Waals surface area contributed by atoms with Gasteiger partial charge < -0.3 is 24.1 Å². The number of hydrogen-bond acceptors (Lipinski definition) is 9. The Kier molecular flexibility index (Phi) is 5.04. The van der Waals surface area contributed by atoms with Crippen molar-refractivity contribution in [2.75, 3.05) is 13.7 Å². The molecule has 3 heterocycles. The number of methoxy groups -OCH3 is 1. The predicted octanol–water partition coefficient (Wildman–Crippen LogP) is 0.225. The zero-order chi connectivity index (χ0) is 21.5. The first-order valence-corrected chi connectivity index (χ1v) is 9.27. The van der Waals surface area contributed by atoms with Gasteiger partial charge in [0.2, 0.25) is 5.88 Å². The summed E-state index contributed by atoms with van der Waals surface area (Å²) in [7, 11) is 1.37. The normalized spacial score (nSPS) is 26.6. The van der Waals surface area contributed by atoms with Crippen molar-refractivity contribution in [1.82, 2.24) is 9.55 Å². The van der Waals surface area contributed by atoms with Crippen molar-refractivity contribution in [2.45, 2.75) is 37.4 Å². The van der Waals surface area contributed by atoms with Crippen LogP contribution < -0.4 is 10.4 Å². The molecule has 0 unspecified atom stereocenters. The van der Waals surface area contributed by atoms with Crippen LogP contribution in [0.4, 0.5) is 0 Å². The van der Waals surface area contributed by atoms with Gasteiger partial charge in [-0.25, -0.2) is 9.59 Å². The summed E-state index contributed by atoms with van der Waals surface area (Å²) < 4.78 is 22.7. The maximum Gasteiger partial charge on any atom is 0.353 e. The number of rotatable bonds is 5. The molecule has 1 aromatic heterocycles. The Morgan fingerprint density at radius 2 is 2.07 bits per heavy atom. The number of nitrogens with zero attached hydrogens (tertiary/aromatic N) is 2. The number of fused-ring (bicyclic) bond motifs is 4. The molecule has 1 aromatic carbocycles. The summed E-state index contributed by atoms with van der Waals surface area (Å²) in [6.45, 7) is 0.892. The SMILES string of the molecule is COc1cc2n(c(=O)n1)[C@@H]1O[C@H](COC(=O)c3ccccc3)[C@](O)(C2)[C@H]1OC(C)=O. The zero-order valence-electron chi connectivity index (χ0n) is 16.3. The quantitative estimate of drug-likeness (QED) is 0.681. The number of aromatic nitrogens is 2. The van der Waals surface area contributed by atoms with E-state index in [1.165, 1.54) is 24.7 Å². The van der Waals surface area contributed by atoms with E-state index in [-0.39, 0.29) is 18.9 Å². The number of carbonyl (C=O) groups excluding carboxylic acids is 2. The first kappa shape index (κ1) is 20.0. The molecule has 1 fully saturated rings. The van der Waals surface area contributed by atoms with Crippen molar-refractivity contribution in [3.05, 3.63) is 58.1 Å². The second-order valence-electron chi connectivity index (χ2n) is 7.12. The van der Waals surface area contributed by atoms with E-state index in [1.54, 1.807) is 30.3 Å². The molecule has 158 valence electrons. The summed E-state index contributed by atoms with van der Waals surface area (Å²) in [6, 6.07) is 9.86. The molecule has 0 aliphatic carbocycles. The maximum absolute atomic E-state index is 12.5. The Morgan fingerprint density at radius 1 is 1.33 bits per heavy atom. The molecular formula is C20H20N2O8. The monoisotopic (exact) mass is 416 g/mol. The number of hydrogen-bond donors (Lipinski definition) is 1. The average molecular weight is 416 g/mol. The molecule has 10 nitrogen and oxygen atoms in total. The molecule has 1 saturated heterocycles. The van der Waals surface area contributed by atoms with Gasteiger partial charge in [-0.1, -0.05) is 18.2 Å². The van der Waals surface area contributed by atoms with Gasteiger partial charge in [0.25, 0.3) is 0 Å². The fourth-order valence-electron chi connectivity index (χ4n) is 3.85. The highest BCUT2D eigenvalue weighted by molar-refractivity contribution is 5.89. The van der Waals surface area contributed by atoms with Crippen LogP contribution >= 0.6 is 0 Å². The number of carbonyl (C=O) groups is 2. The van der Waals surface area contributed by atoms with E-state index in [4.69, 9.17) is 18.9 Å². The standard InChI is InChI=1S/C20H20N2O8/c1-11(23)29-16-17-22-13(8-15(27-2)21-19(22)25)9-20(16,26)14(30-17)10-28-18(24)12-6-4-3-5-7-12/h3-8,14,16-17,26H,9-10H2,1-2H3/t14-,16+,17-,20-/m1/s1. The lowest BCUT2D eigenvalue weighted by Gasteiger charge is -2.37. The number of ether oxygens (including phenoxy) is 4. The Labute approximate surface area is 171 Å². The Balaban J connectivity index is 1.63. The molecule has 2 aliphatic heterocycles. The molecule has 0 saturated carbocycles. The molecule has 30 heavy (non-hydrogen) atoms. The third-order valence-electron chi connectivity index (χ3n) is 5.22. The highest BCUT2D eigenvalue weighted by atomic mass is 16.6. The molecule has 2 bridgehead atoms. The van der Waals surface area contributed by atoms with Crippen molar-refractivity contribution in [3.63, 3.8) is 0 Å². The Morgan fingerprint density at radius 3 is 2.73 bits per heavy atom. The topological polar surface area (TPSA) is 126 Å². The molecular weight excluding hydrogens is 396 g/mol. The van der Waals surface area contributed by atoms with Crippen LogP contribution in [0.3, 0.4) is 0 Å². The minimum atomic E-state index is -1.72. The second kappa shape index (κ2) is 7.54. The summed E-state index contributed by atoms with van der Waals surface area (Å²) in [6.07, 6.45) is -3.42. The smallest absolute Gasteiger partial charge is 0.353 e. The summed E-state index contributed by atoms with van der Waals surface area (Å²) in [5.41, 5.74) is -1.64. The Hall–Kier alpha value is -3.24. The molecule has 4 rings (SSSR count). The summed E-state index contributed by atoms with van der Waals surface area (Å²) in [4.78, 5) is 40.2. The van der Waals surface area contributed by atoms with Crippen LogP contribution in [0.2, 0.25) is 0 Å².